The molecule has 0 nitrogen and oxygen atoms in total. The van der Waals surface area contributed by atoms with E-state index in [-0.39, 0.29) is 5.41 Å². The molecule has 1 fully saturated rings. The van der Waals surface area contributed by atoms with Crippen LogP contribution in [0.4, 0.5) is 0 Å². The van der Waals surface area contributed by atoms with Crippen LogP contribution >= 0.6 is 0 Å². The van der Waals surface area contributed by atoms with E-state index in [0.29, 0.717) is 5.92 Å². The van der Waals surface area contributed by atoms with Crippen molar-refractivity contribution < 1.29 is 2.74 Å². The fraction of sp³-hybridized carbons (Fsp3) is 1.00. The lowest BCUT2D eigenvalue weighted by molar-refractivity contribution is 0.188. The highest BCUT2D eigenvalue weighted by Crippen LogP contribution is 2.38. The van der Waals surface area contributed by atoms with Gasteiger partial charge in [0.2, 0.25) is 0 Å². The van der Waals surface area contributed by atoms with E-state index >= 15 is 0 Å². The Morgan fingerprint density at radius 2 is 2.20 bits per heavy atom. The fourth-order valence-electron chi connectivity index (χ4n) is 1.52. The van der Waals surface area contributed by atoms with E-state index in [1.807, 2.05) is 0 Å². The van der Waals surface area contributed by atoms with Gasteiger partial charge in [0.15, 0.2) is 0 Å². The summed E-state index contributed by atoms with van der Waals surface area (Å²) in [6.07, 6.45) is 3.06. The lowest BCUT2D eigenvalue weighted by Gasteiger charge is -2.33. The minimum atomic E-state index is -0.920. The minimum absolute atomic E-state index is 0.217. The zero-order chi connectivity index (χ0) is 9.41. The lowest BCUT2D eigenvalue weighted by atomic mass is 9.72. The zero-order valence-electron chi connectivity index (χ0n) is 9.41. The van der Waals surface area contributed by atoms with E-state index in [1.165, 1.54) is 6.42 Å². The summed E-state index contributed by atoms with van der Waals surface area (Å²) in [7, 11) is 0. The Kier molecular flexibility index (Phi) is 1.65. The first-order valence-electron chi connectivity index (χ1n) is 5.37. The molecule has 1 unspecified atom stereocenters. The monoisotopic (exact) mass is 142 g/mol. The van der Waals surface area contributed by atoms with Gasteiger partial charge >= 0.3 is 0 Å². The van der Waals surface area contributed by atoms with Crippen molar-refractivity contribution in [2.75, 3.05) is 0 Å². The average molecular weight is 142 g/mol. The van der Waals surface area contributed by atoms with E-state index in [1.54, 1.807) is 0 Å². The summed E-state index contributed by atoms with van der Waals surface area (Å²) >= 11 is 0. The van der Waals surface area contributed by atoms with E-state index in [0.717, 1.165) is 19.3 Å². The third-order valence-electron chi connectivity index (χ3n) is 2.53. The average Bonchev–Trinajstić information content (AvgIpc) is 1.83. The van der Waals surface area contributed by atoms with E-state index in [2.05, 4.69) is 20.8 Å². The van der Waals surface area contributed by atoms with Crippen molar-refractivity contribution in [1.29, 1.82) is 0 Å². The first kappa shape index (κ1) is 5.62. The summed E-state index contributed by atoms with van der Waals surface area (Å²) in [5, 5.41) is 0. The second-order valence-electron chi connectivity index (χ2n) is 4.19. The molecule has 1 aliphatic carbocycles. The van der Waals surface area contributed by atoms with Gasteiger partial charge in [-0.3, -0.25) is 0 Å². The molecule has 1 aliphatic rings. The molecule has 1 rings (SSSR count). The molecular weight excluding hydrogens is 120 g/mol. The van der Waals surface area contributed by atoms with Crippen molar-refractivity contribution in [2.24, 2.45) is 11.3 Å². The smallest absolute Gasteiger partial charge is 0.0270 e. The van der Waals surface area contributed by atoms with Crippen molar-refractivity contribution in [1.82, 2.24) is 0 Å². The molecule has 0 bridgehead atoms. The highest BCUT2D eigenvalue weighted by atomic mass is 14.3. The number of hydrogen-bond acceptors (Lipinski definition) is 0. The van der Waals surface area contributed by atoms with Crippen molar-refractivity contribution in [3.8, 4) is 0 Å². The Morgan fingerprint density at radius 3 is 2.70 bits per heavy atom. The molecule has 0 aromatic rings. The van der Waals surface area contributed by atoms with Crippen molar-refractivity contribution in [2.45, 2.75) is 52.8 Å². The minimum Gasteiger partial charge on any atom is -0.0651 e. The maximum Gasteiger partial charge on any atom is 0.0270 e. The molecular formula is C10H20. The van der Waals surface area contributed by atoms with Gasteiger partial charge in [-0.25, -0.2) is 0 Å². The van der Waals surface area contributed by atoms with Gasteiger partial charge in [0.05, 0.1) is 0 Å². The van der Waals surface area contributed by atoms with E-state index in [4.69, 9.17) is 2.74 Å². The van der Waals surface area contributed by atoms with Crippen LogP contribution in [-0.2, 0) is 0 Å². The Morgan fingerprint density at radius 1 is 1.50 bits per heavy atom. The van der Waals surface area contributed by atoms with Crippen LogP contribution in [0.1, 0.15) is 55.6 Å². The normalized spacial score (nSPS) is 40.1. The van der Waals surface area contributed by atoms with Crippen LogP contribution in [0.15, 0.2) is 0 Å². The third kappa shape index (κ3) is 2.00. The Balaban J connectivity index is 2.67. The third-order valence-corrected chi connectivity index (χ3v) is 2.53. The second-order valence-corrected chi connectivity index (χ2v) is 4.19. The van der Waals surface area contributed by atoms with Crippen LogP contribution in [0.5, 0.6) is 0 Å². The predicted molar refractivity (Wildman–Crippen MR) is 46.0 cm³/mol. The van der Waals surface area contributed by atoms with Crippen LogP contribution in [0, 0.1) is 11.3 Å². The summed E-state index contributed by atoms with van der Waals surface area (Å²) in [4.78, 5) is 0. The molecule has 0 aliphatic heterocycles. The van der Waals surface area contributed by atoms with Crippen LogP contribution in [0.25, 0.3) is 0 Å². The zero-order valence-corrected chi connectivity index (χ0v) is 7.41. The van der Waals surface area contributed by atoms with Crippen molar-refractivity contribution in [3.05, 3.63) is 0 Å². The summed E-state index contributed by atoms with van der Waals surface area (Å²) in [6.45, 7) is 6.45. The molecule has 0 heteroatoms. The first-order chi connectivity index (χ1) is 5.37. The van der Waals surface area contributed by atoms with Crippen molar-refractivity contribution in [3.63, 3.8) is 0 Å². The maximum atomic E-state index is 7.91. The molecule has 0 spiro atoms. The fourth-order valence-corrected chi connectivity index (χ4v) is 1.52. The molecule has 1 saturated carbocycles. The summed E-state index contributed by atoms with van der Waals surface area (Å²) < 4.78 is 15.8. The van der Waals surface area contributed by atoms with Crippen LogP contribution < -0.4 is 0 Å². The molecule has 0 amide bonds. The molecule has 0 aromatic carbocycles. The van der Waals surface area contributed by atoms with Gasteiger partial charge in [-0.05, 0) is 37.0 Å². The van der Waals surface area contributed by atoms with Gasteiger partial charge in [0, 0.05) is 2.74 Å². The molecule has 0 heterocycles. The standard InChI is InChI=1S/C10H20/c1-4-9-5-7-10(2,3)8-6-9/h9H,4-8H2,1-3H3/i5D2. The Bertz CT molecular complexity index is 161. The Hall–Kier alpha value is 0. The van der Waals surface area contributed by atoms with Crippen LogP contribution in [0.2, 0.25) is 0 Å². The van der Waals surface area contributed by atoms with Gasteiger partial charge in [-0.2, -0.15) is 0 Å². The SMILES string of the molecule is [2H]C1([2H])CC(C)(C)CCC1CC. The maximum absolute atomic E-state index is 7.91. The first-order valence-corrected chi connectivity index (χ1v) is 4.37. The predicted octanol–water partition coefficient (Wildman–Crippen LogP) is 3.61. The molecule has 0 N–H and O–H groups in total. The van der Waals surface area contributed by atoms with Gasteiger partial charge in [-0.15, -0.1) is 0 Å². The molecule has 0 saturated heterocycles. The highest BCUT2D eigenvalue weighted by molar-refractivity contribution is 4.77. The summed E-state index contributed by atoms with van der Waals surface area (Å²) in [5.41, 5.74) is 0.217. The van der Waals surface area contributed by atoms with Gasteiger partial charge < -0.3 is 0 Å². The Labute approximate surface area is 67.8 Å². The van der Waals surface area contributed by atoms with Crippen LogP contribution in [-0.4, -0.2) is 0 Å². The quantitative estimate of drug-likeness (QED) is 0.524. The van der Waals surface area contributed by atoms with E-state index < -0.39 is 6.37 Å². The number of hydrogen-bond donors (Lipinski definition) is 0. The van der Waals surface area contributed by atoms with Gasteiger partial charge in [0.1, 0.15) is 0 Å². The van der Waals surface area contributed by atoms with Gasteiger partial charge in [0.25, 0.3) is 0 Å². The van der Waals surface area contributed by atoms with Crippen molar-refractivity contribution >= 4 is 0 Å². The summed E-state index contributed by atoms with van der Waals surface area (Å²) in [5.74, 6) is 0.297. The molecule has 1 atom stereocenters. The molecule has 0 radical (unpaired) electrons. The largest absolute Gasteiger partial charge is 0.0651 e. The number of rotatable bonds is 1. The van der Waals surface area contributed by atoms with E-state index in [9.17, 15) is 0 Å². The summed E-state index contributed by atoms with van der Waals surface area (Å²) in [6, 6.07) is 0. The molecule has 10 heavy (non-hydrogen) atoms. The highest BCUT2D eigenvalue weighted by Gasteiger charge is 2.25. The van der Waals surface area contributed by atoms with Crippen LogP contribution in [0.3, 0.4) is 0 Å². The topological polar surface area (TPSA) is 0 Å². The second kappa shape index (κ2) is 2.94. The molecule has 0 aromatic heterocycles. The molecule has 60 valence electrons. The lowest BCUT2D eigenvalue weighted by Crippen LogP contribution is -2.20. The van der Waals surface area contributed by atoms with Gasteiger partial charge in [-0.1, -0.05) is 27.2 Å².